The Morgan fingerprint density at radius 1 is 1.05 bits per heavy atom. The molecule has 0 radical (unpaired) electrons. The number of fused-ring (bicyclic) bond motifs is 1. The lowest BCUT2D eigenvalue weighted by Crippen LogP contribution is -2.62. The number of rotatable bonds is 9. The van der Waals surface area contributed by atoms with Gasteiger partial charge in [-0.15, -0.1) is 0 Å². The molecular formula is C32H41N5O3. The topological polar surface area (TPSA) is 136 Å². The fourth-order valence-corrected chi connectivity index (χ4v) is 7.86. The Kier molecular flexibility index (Phi) is 7.31. The summed E-state index contributed by atoms with van der Waals surface area (Å²) in [6.45, 7) is 1.40. The second-order valence-corrected chi connectivity index (χ2v) is 12.5. The van der Waals surface area contributed by atoms with E-state index in [2.05, 4.69) is 15.6 Å². The van der Waals surface area contributed by atoms with Crippen molar-refractivity contribution in [1.82, 2.24) is 15.6 Å². The number of amides is 1. The summed E-state index contributed by atoms with van der Waals surface area (Å²) in [5, 5.41) is 28.3. The molecule has 1 aromatic heterocycles. The van der Waals surface area contributed by atoms with Crippen LogP contribution in [0.2, 0.25) is 0 Å². The summed E-state index contributed by atoms with van der Waals surface area (Å²) < 4.78 is 0. The maximum Gasteiger partial charge on any atom is 0.246 e. The molecule has 3 atom stereocenters. The number of aromatic nitrogens is 1. The lowest BCUT2D eigenvalue weighted by molar-refractivity contribution is -0.128. The maximum absolute atomic E-state index is 14.0. The SMILES string of the molecule is CC(Cc1c[nH]c2ccccc12)(NC(N)=NC1C2CC3CC(C2)CC1C3)C(=O)NC(CO)C(O)c1ccccc1. The minimum atomic E-state index is -1.19. The van der Waals surface area contributed by atoms with Gasteiger partial charge in [-0.1, -0.05) is 48.5 Å². The smallest absolute Gasteiger partial charge is 0.246 e. The fourth-order valence-electron chi connectivity index (χ4n) is 7.86. The third-order valence-electron chi connectivity index (χ3n) is 9.62. The monoisotopic (exact) mass is 543 g/mol. The molecule has 8 heteroatoms. The van der Waals surface area contributed by atoms with E-state index in [-0.39, 0.29) is 17.9 Å². The van der Waals surface area contributed by atoms with Crippen molar-refractivity contribution < 1.29 is 15.0 Å². The van der Waals surface area contributed by atoms with Gasteiger partial charge in [0.1, 0.15) is 11.6 Å². The standard InChI is InChI=1S/C32H41N5O3/c1-32(16-24-17-34-26-10-6-5-9-25(24)26,30(40)35-27(18-38)29(39)21-7-3-2-4-8-21)37-31(33)36-28-22-12-19-11-20(14-22)15-23(28)13-19/h2-10,17,19-20,22-23,27-29,34,38-39H,11-16,18H2,1H3,(H,35,40)(H3,33,36,37). The molecule has 7 rings (SSSR count). The molecule has 4 saturated carbocycles. The highest BCUT2D eigenvalue weighted by atomic mass is 16.3. The number of nitrogens with zero attached hydrogens (tertiary/aromatic N) is 1. The largest absolute Gasteiger partial charge is 0.394 e. The lowest BCUT2D eigenvalue weighted by Gasteiger charge is -2.53. The van der Waals surface area contributed by atoms with Crippen molar-refractivity contribution in [2.75, 3.05) is 6.61 Å². The minimum absolute atomic E-state index is 0.200. The van der Waals surface area contributed by atoms with Crippen molar-refractivity contribution in [2.45, 2.75) is 69.2 Å². The molecule has 1 heterocycles. The lowest BCUT2D eigenvalue weighted by atomic mass is 9.54. The number of aliphatic hydroxyl groups is 2. The van der Waals surface area contributed by atoms with Gasteiger partial charge in [-0.3, -0.25) is 4.79 Å². The van der Waals surface area contributed by atoms with Gasteiger partial charge in [0.2, 0.25) is 5.91 Å². The number of guanidine groups is 1. The van der Waals surface area contributed by atoms with Crippen LogP contribution < -0.4 is 16.4 Å². The number of aliphatic hydroxyl groups excluding tert-OH is 2. The number of H-pyrrole nitrogens is 1. The molecular weight excluding hydrogens is 502 g/mol. The first-order valence-corrected chi connectivity index (χ1v) is 14.6. The average Bonchev–Trinajstić information content (AvgIpc) is 3.35. The number of nitrogens with two attached hydrogens (primary N) is 1. The molecule has 40 heavy (non-hydrogen) atoms. The van der Waals surface area contributed by atoms with Crippen molar-refractivity contribution in [3.05, 3.63) is 71.9 Å². The van der Waals surface area contributed by atoms with Gasteiger partial charge in [-0.05, 0) is 79.9 Å². The molecule has 3 unspecified atom stereocenters. The molecule has 1 amide bonds. The maximum atomic E-state index is 14.0. The van der Waals surface area contributed by atoms with Gasteiger partial charge >= 0.3 is 0 Å². The highest BCUT2D eigenvalue weighted by Crippen LogP contribution is 2.54. The van der Waals surface area contributed by atoms with Crippen molar-refractivity contribution in [2.24, 2.45) is 34.4 Å². The van der Waals surface area contributed by atoms with Crippen LogP contribution in [0, 0.1) is 23.7 Å². The molecule has 0 spiro atoms. The number of hydrogen-bond acceptors (Lipinski definition) is 4. The Morgan fingerprint density at radius 3 is 2.38 bits per heavy atom. The van der Waals surface area contributed by atoms with Crippen LogP contribution in [0.5, 0.6) is 0 Å². The van der Waals surface area contributed by atoms with E-state index in [1.807, 2.05) is 55.6 Å². The second kappa shape index (κ2) is 10.9. The summed E-state index contributed by atoms with van der Waals surface area (Å²) in [6.07, 6.45) is 7.50. The van der Waals surface area contributed by atoms with E-state index < -0.39 is 24.3 Å². The van der Waals surface area contributed by atoms with E-state index in [1.165, 1.54) is 32.1 Å². The normalized spacial score (nSPS) is 28.7. The molecule has 212 valence electrons. The predicted octanol–water partition coefficient (Wildman–Crippen LogP) is 3.41. The van der Waals surface area contributed by atoms with Crippen LogP contribution in [0.3, 0.4) is 0 Å². The van der Waals surface area contributed by atoms with Crippen LogP contribution in [0.4, 0.5) is 0 Å². The average molecular weight is 544 g/mol. The Morgan fingerprint density at radius 2 is 1.70 bits per heavy atom. The number of carbonyl (C=O) groups excluding carboxylic acids is 1. The summed E-state index contributed by atoms with van der Waals surface area (Å²) in [5.41, 5.74) is 7.98. The number of hydrogen-bond donors (Lipinski definition) is 6. The number of carbonyl (C=O) groups is 1. The molecule has 8 nitrogen and oxygen atoms in total. The summed E-state index contributed by atoms with van der Waals surface area (Å²) in [6, 6.07) is 16.3. The molecule has 0 saturated heterocycles. The van der Waals surface area contributed by atoms with Crippen LogP contribution in [-0.2, 0) is 11.2 Å². The molecule has 4 aliphatic carbocycles. The number of para-hydroxylation sites is 1. The van der Waals surface area contributed by atoms with Gasteiger partial charge in [0.05, 0.1) is 18.7 Å². The van der Waals surface area contributed by atoms with Crippen LogP contribution in [0.25, 0.3) is 10.9 Å². The Balaban J connectivity index is 1.26. The predicted molar refractivity (Wildman–Crippen MR) is 156 cm³/mol. The van der Waals surface area contributed by atoms with E-state index in [9.17, 15) is 15.0 Å². The molecule has 4 fully saturated rings. The first-order valence-electron chi connectivity index (χ1n) is 14.6. The Hall–Kier alpha value is -3.36. The number of benzene rings is 2. The van der Waals surface area contributed by atoms with E-state index in [0.717, 1.165) is 28.3 Å². The van der Waals surface area contributed by atoms with Crippen molar-refractivity contribution in [3.63, 3.8) is 0 Å². The molecule has 4 aliphatic rings. The summed E-state index contributed by atoms with van der Waals surface area (Å²) in [5.74, 6) is 2.74. The van der Waals surface area contributed by atoms with Crippen molar-refractivity contribution in [1.29, 1.82) is 0 Å². The number of nitrogens with one attached hydrogen (secondary N) is 3. The minimum Gasteiger partial charge on any atom is -0.394 e. The van der Waals surface area contributed by atoms with Gasteiger partial charge in [0.25, 0.3) is 0 Å². The van der Waals surface area contributed by atoms with E-state index >= 15 is 0 Å². The van der Waals surface area contributed by atoms with Crippen LogP contribution >= 0.6 is 0 Å². The third kappa shape index (κ3) is 5.22. The van der Waals surface area contributed by atoms with Gasteiger partial charge in [0.15, 0.2) is 5.96 Å². The van der Waals surface area contributed by atoms with Gasteiger partial charge < -0.3 is 31.6 Å². The molecule has 0 aliphatic heterocycles. The first-order chi connectivity index (χ1) is 19.3. The zero-order valence-electron chi connectivity index (χ0n) is 23.1. The van der Waals surface area contributed by atoms with E-state index in [1.54, 1.807) is 12.1 Å². The highest BCUT2D eigenvalue weighted by molar-refractivity contribution is 5.93. The van der Waals surface area contributed by atoms with Crippen LogP contribution in [0.1, 0.15) is 56.3 Å². The molecule has 7 N–H and O–H groups in total. The first kappa shape index (κ1) is 26.8. The number of aromatic amines is 1. The number of aliphatic imine (C=N–C) groups is 1. The zero-order chi connectivity index (χ0) is 27.9. The molecule has 3 aromatic rings. The van der Waals surface area contributed by atoms with Gasteiger partial charge in [-0.2, -0.15) is 0 Å². The van der Waals surface area contributed by atoms with E-state index in [4.69, 9.17) is 10.7 Å². The summed E-state index contributed by atoms with van der Waals surface area (Å²) >= 11 is 0. The van der Waals surface area contributed by atoms with Crippen LogP contribution in [-0.4, -0.2) is 51.3 Å². The Bertz CT molecular complexity index is 1340. The van der Waals surface area contributed by atoms with Gasteiger partial charge in [0, 0.05) is 23.5 Å². The fraction of sp³-hybridized carbons (Fsp3) is 0.500. The van der Waals surface area contributed by atoms with Crippen LogP contribution in [0.15, 0.2) is 65.8 Å². The second-order valence-electron chi connectivity index (χ2n) is 12.5. The zero-order valence-corrected chi connectivity index (χ0v) is 23.1. The van der Waals surface area contributed by atoms with Crippen molar-refractivity contribution in [3.8, 4) is 0 Å². The quantitative estimate of drug-likeness (QED) is 0.182. The van der Waals surface area contributed by atoms with E-state index in [0.29, 0.717) is 23.8 Å². The summed E-state index contributed by atoms with van der Waals surface area (Å²) in [7, 11) is 0. The molecule has 4 bridgehead atoms. The third-order valence-corrected chi connectivity index (χ3v) is 9.62. The molecule has 2 aromatic carbocycles. The van der Waals surface area contributed by atoms with Gasteiger partial charge in [-0.25, -0.2) is 4.99 Å². The summed E-state index contributed by atoms with van der Waals surface area (Å²) in [4.78, 5) is 22.3. The highest BCUT2D eigenvalue weighted by Gasteiger charge is 2.48. The van der Waals surface area contributed by atoms with Crippen molar-refractivity contribution >= 4 is 22.8 Å². The Labute approximate surface area is 235 Å².